The van der Waals surface area contributed by atoms with Gasteiger partial charge in [0.05, 0.1) is 16.0 Å². The first-order chi connectivity index (χ1) is 12.9. The van der Waals surface area contributed by atoms with Gasteiger partial charge in [0, 0.05) is 23.8 Å². The van der Waals surface area contributed by atoms with Crippen molar-refractivity contribution in [3.8, 4) is 17.5 Å². The lowest BCUT2D eigenvalue weighted by atomic mass is 10.2. The highest BCUT2D eigenvalue weighted by Gasteiger charge is 2.17. The van der Waals surface area contributed by atoms with Crippen LogP contribution in [0.2, 0.25) is 0 Å². The number of nitriles is 1. The summed E-state index contributed by atoms with van der Waals surface area (Å²) < 4.78 is 5.94. The van der Waals surface area contributed by atoms with Gasteiger partial charge in [-0.25, -0.2) is 0 Å². The molecule has 2 aromatic heterocycles. The second-order valence-electron chi connectivity index (χ2n) is 5.23. The zero-order valence-electron chi connectivity index (χ0n) is 13.3. The molecule has 0 aliphatic carbocycles. The summed E-state index contributed by atoms with van der Waals surface area (Å²) in [6.07, 6.45) is 0.971. The smallest absolute Gasteiger partial charge is 0.287 e. The number of nitro groups is 2. The second-order valence-corrected chi connectivity index (χ2v) is 5.23. The molecule has 134 valence electrons. The molecule has 0 spiro atoms. The summed E-state index contributed by atoms with van der Waals surface area (Å²) in [6.45, 7) is -0.283. The van der Waals surface area contributed by atoms with Crippen molar-refractivity contribution >= 4 is 11.4 Å². The van der Waals surface area contributed by atoms with Gasteiger partial charge in [0.25, 0.3) is 16.9 Å². The maximum Gasteiger partial charge on any atom is 0.287 e. The number of hydrogen-bond donors (Lipinski definition) is 0. The standard InChI is InChI=1S/C15H8N6O6/c16-6-10-5-12(21(25)26)7-19(15(10)22)8-13-17-14(18-27-13)9-1-3-11(4-2-9)20(23)24/h1-5,7H,8H2. The predicted octanol–water partition coefficient (Wildman–Crippen LogP) is 1.63. The number of pyridine rings is 1. The molecule has 0 fully saturated rings. The quantitative estimate of drug-likeness (QED) is 0.479. The van der Waals surface area contributed by atoms with Crippen molar-refractivity contribution in [1.82, 2.24) is 14.7 Å². The maximum atomic E-state index is 12.1. The molecular weight excluding hydrogens is 360 g/mol. The third-order valence-electron chi connectivity index (χ3n) is 3.51. The van der Waals surface area contributed by atoms with E-state index in [-0.39, 0.29) is 29.5 Å². The number of benzene rings is 1. The number of hydrogen-bond acceptors (Lipinski definition) is 9. The lowest BCUT2D eigenvalue weighted by Crippen LogP contribution is -2.23. The van der Waals surface area contributed by atoms with Gasteiger partial charge in [-0.3, -0.25) is 29.6 Å². The highest BCUT2D eigenvalue weighted by molar-refractivity contribution is 5.56. The number of non-ortho nitro benzene ring substituents is 1. The van der Waals surface area contributed by atoms with E-state index >= 15 is 0 Å². The topological polar surface area (TPSA) is 171 Å². The van der Waals surface area contributed by atoms with Gasteiger partial charge in [0.2, 0.25) is 11.7 Å². The van der Waals surface area contributed by atoms with Crippen LogP contribution in [0.15, 0.2) is 45.8 Å². The maximum absolute atomic E-state index is 12.1. The summed E-state index contributed by atoms with van der Waals surface area (Å²) in [5.41, 5.74) is -1.21. The summed E-state index contributed by atoms with van der Waals surface area (Å²) in [6, 6.07) is 7.89. The first-order valence-corrected chi connectivity index (χ1v) is 7.25. The Balaban J connectivity index is 1.91. The molecule has 3 rings (SSSR count). The van der Waals surface area contributed by atoms with Crippen LogP contribution in [0.25, 0.3) is 11.4 Å². The lowest BCUT2D eigenvalue weighted by Gasteiger charge is -2.02. The number of nitrogens with zero attached hydrogens (tertiary/aromatic N) is 6. The Morgan fingerprint density at radius 3 is 2.41 bits per heavy atom. The Bertz CT molecular complexity index is 1140. The number of rotatable bonds is 5. The van der Waals surface area contributed by atoms with E-state index in [0.717, 1.165) is 16.8 Å². The molecule has 1 aromatic carbocycles. The van der Waals surface area contributed by atoms with Crippen molar-refractivity contribution in [2.75, 3.05) is 0 Å². The molecule has 0 bridgehead atoms. The summed E-state index contributed by atoms with van der Waals surface area (Å²) in [7, 11) is 0. The Labute approximate surface area is 149 Å². The summed E-state index contributed by atoms with van der Waals surface area (Å²) in [5.74, 6) is 0.0914. The number of aromatic nitrogens is 3. The fourth-order valence-corrected chi connectivity index (χ4v) is 2.23. The van der Waals surface area contributed by atoms with Crippen LogP contribution in [0.5, 0.6) is 0 Å². The minimum Gasteiger partial charge on any atom is -0.337 e. The van der Waals surface area contributed by atoms with E-state index in [1.54, 1.807) is 6.07 Å². The molecular formula is C15H8N6O6. The van der Waals surface area contributed by atoms with E-state index < -0.39 is 21.1 Å². The molecule has 0 unspecified atom stereocenters. The highest BCUT2D eigenvalue weighted by Crippen LogP contribution is 2.20. The van der Waals surface area contributed by atoms with Crippen LogP contribution in [0, 0.1) is 31.6 Å². The fourth-order valence-electron chi connectivity index (χ4n) is 2.23. The van der Waals surface area contributed by atoms with Gasteiger partial charge < -0.3 is 4.52 Å². The minimum atomic E-state index is -0.738. The van der Waals surface area contributed by atoms with Gasteiger partial charge in [-0.15, -0.1) is 0 Å². The van der Waals surface area contributed by atoms with Gasteiger partial charge in [-0.1, -0.05) is 5.16 Å². The van der Waals surface area contributed by atoms with Crippen LogP contribution < -0.4 is 5.56 Å². The second kappa shape index (κ2) is 6.84. The Kier molecular flexibility index (Phi) is 4.42. The monoisotopic (exact) mass is 368 g/mol. The van der Waals surface area contributed by atoms with Crippen LogP contribution in [-0.4, -0.2) is 24.6 Å². The first-order valence-electron chi connectivity index (χ1n) is 7.25. The molecule has 0 aliphatic rings. The van der Waals surface area contributed by atoms with E-state index in [1.807, 2.05) is 0 Å². The normalized spacial score (nSPS) is 10.3. The van der Waals surface area contributed by atoms with Gasteiger partial charge in [0.1, 0.15) is 18.2 Å². The Hall–Kier alpha value is -4.40. The molecule has 2 heterocycles. The first kappa shape index (κ1) is 17.4. The molecule has 3 aromatic rings. The molecule has 0 radical (unpaired) electrons. The zero-order valence-corrected chi connectivity index (χ0v) is 13.3. The SMILES string of the molecule is N#Cc1cc([N+](=O)[O-])cn(Cc2nc(-c3ccc([N+](=O)[O-])cc3)no2)c1=O. The summed E-state index contributed by atoms with van der Waals surface area (Å²) in [5, 5.41) is 34.3. The van der Waals surface area contributed by atoms with E-state index in [1.165, 1.54) is 24.3 Å². The van der Waals surface area contributed by atoms with Gasteiger partial charge in [0.15, 0.2) is 0 Å². The van der Waals surface area contributed by atoms with Crippen molar-refractivity contribution in [3.05, 3.63) is 78.6 Å². The summed E-state index contributed by atoms with van der Waals surface area (Å²) in [4.78, 5) is 36.5. The van der Waals surface area contributed by atoms with Crippen LogP contribution >= 0.6 is 0 Å². The van der Waals surface area contributed by atoms with Gasteiger partial charge in [-0.05, 0) is 12.1 Å². The largest absolute Gasteiger partial charge is 0.337 e. The molecule has 12 heteroatoms. The van der Waals surface area contributed by atoms with Crippen molar-refractivity contribution in [3.63, 3.8) is 0 Å². The van der Waals surface area contributed by atoms with Gasteiger partial charge in [-0.2, -0.15) is 10.2 Å². The molecule has 27 heavy (non-hydrogen) atoms. The summed E-state index contributed by atoms with van der Waals surface area (Å²) >= 11 is 0. The van der Waals surface area contributed by atoms with Crippen LogP contribution in [0.1, 0.15) is 11.5 Å². The molecule has 0 atom stereocenters. The van der Waals surface area contributed by atoms with Gasteiger partial charge >= 0.3 is 0 Å². The Morgan fingerprint density at radius 1 is 1.15 bits per heavy atom. The van der Waals surface area contributed by atoms with E-state index in [0.29, 0.717) is 5.56 Å². The Morgan fingerprint density at radius 2 is 1.81 bits per heavy atom. The predicted molar refractivity (Wildman–Crippen MR) is 87.6 cm³/mol. The van der Waals surface area contributed by atoms with E-state index in [4.69, 9.17) is 9.78 Å². The fraction of sp³-hybridized carbons (Fsp3) is 0.0667. The van der Waals surface area contributed by atoms with E-state index in [2.05, 4.69) is 10.1 Å². The average molecular weight is 368 g/mol. The molecule has 0 saturated carbocycles. The van der Waals surface area contributed by atoms with Crippen LogP contribution in [0.3, 0.4) is 0 Å². The van der Waals surface area contributed by atoms with Crippen molar-refractivity contribution < 1.29 is 14.4 Å². The lowest BCUT2D eigenvalue weighted by molar-refractivity contribution is -0.385. The molecule has 0 amide bonds. The third kappa shape index (κ3) is 3.51. The zero-order chi connectivity index (χ0) is 19.6. The average Bonchev–Trinajstić information content (AvgIpc) is 3.11. The highest BCUT2D eigenvalue weighted by atomic mass is 16.6. The van der Waals surface area contributed by atoms with Crippen molar-refractivity contribution in [1.29, 1.82) is 5.26 Å². The molecule has 0 saturated heterocycles. The van der Waals surface area contributed by atoms with E-state index in [9.17, 15) is 25.0 Å². The van der Waals surface area contributed by atoms with Crippen molar-refractivity contribution in [2.24, 2.45) is 0 Å². The third-order valence-corrected chi connectivity index (χ3v) is 3.51. The molecule has 0 aliphatic heterocycles. The van der Waals surface area contributed by atoms with Crippen LogP contribution in [0.4, 0.5) is 11.4 Å². The van der Waals surface area contributed by atoms with Crippen LogP contribution in [-0.2, 0) is 6.54 Å². The minimum absolute atomic E-state index is 0.0326. The number of nitro benzene ring substituents is 1. The molecule has 12 nitrogen and oxygen atoms in total. The molecule has 0 N–H and O–H groups in total. The van der Waals surface area contributed by atoms with Crippen molar-refractivity contribution in [2.45, 2.75) is 6.54 Å².